The van der Waals surface area contributed by atoms with Crippen LogP contribution >= 0.6 is 38.9 Å². The quantitative estimate of drug-likeness (QED) is 0.762. The molecule has 7 heteroatoms. The minimum absolute atomic E-state index is 0.139. The predicted molar refractivity (Wildman–Crippen MR) is 85.5 cm³/mol. The van der Waals surface area contributed by atoms with Crippen molar-refractivity contribution in [1.29, 1.82) is 0 Å². The molecule has 0 atom stereocenters. The van der Waals surface area contributed by atoms with Crippen molar-refractivity contribution in [2.75, 3.05) is 25.6 Å². The Bertz CT molecular complexity index is 615. The normalized spacial score (nSPS) is 10.4. The van der Waals surface area contributed by atoms with Crippen LogP contribution < -0.4 is 4.90 Å². The fraction of sp³-hybridized carbons (Fsp3) is 0.231. The van der Waals surface area contributed by atoms with Gasteiger partial charge in [0.15, 0.2) is 5.13 Å². The largest absolute Gasteiger partial charge is 0.468 e. The van der Waals surface area contributed by atoms with Crippen LogP contribution in [0, 0.1) is 0 Å². The van der Waals surface area contributed by atoms with Crippen LogP contribution in [0.3, 0.4) is 0 Å². The average Bonchev–Trinajstić information content (AvgIpc) is 2.81. The number of thiazole rings is 1. The van der Waals surface area contributed by atoms with Gasteiger partial charge in [-0.2, -0.15) is 0 Å². The summed E-state index contributed by atoms with van der Waals surface area (Å²) in [6.07, 6.45) is 0. The van der Waals surface area contributed by atoms with Gasteiger partial charge in [-0.25, -0.2) is 4.98 Å². The maximum Gasteiger partial charge on any atom is 0.325 e. The third kappa shape index (κ3) is 3.50. The smallest absolute Gasteiger partial charge is 0.325 e. The van der Waals surface area contributed by atoms with Crippen LogP contribution in [0.1, 0.15) is 0 Å². The number of aromatic nitrogens is 1. The number of nitrogens with zero attached hydrogens (tertiary/aromatic N) is 2. The summed E-state index contributed by atoms with van der Waals surface area (Å²) in [4.78, 5) is 17.5. The molecule has 0 bridgehead atoms. The second-order valence-electron chi connectivity index (χ2n) is 4.06. The number of hydrogen-bond acceptors (Lipinski definition) is 5. The van der Waals surface area contributed by atoms with E-state index in [4.69, 9.17) is 11.6 Å². The van der Waals surface area contributed by atoms with Gasteiger partial charge in [0.25, 0.3) is 0 Å². The SMILES string of the molecule is COC(=O)CN(C)c1nc(-c2ccc(Br)cc2)c(Cl)s1. The van der Waals surface area contributed by atoms with E-state index < -0.39 is 0 Å². The molecule has 0 saturated carbocycles. The van der Waals surface area contributed by atoms with Crippen molar-refractivity contribution in [2.45, 2.75) is 0 Å². The molecule has 0 spiro atoms. The summed E-state index contributed by atoms with van der Waals surface area (Å²) in [6, 6.07) is 7.75. The zero-order chi connectivity index (χ0) is 14.7. The second-order valence-corrected chi connectivity index (χ2v) is 6.55. The first-order valence-electron chi connectivity index (χ1n) is 5.71. The van der Waals surface area contributed by atoms with E-state index in [1.54, 1.807) is 11.9 Å². The van der Waals surface area contributed by atoms with Gasteiger partial charge >= 0.3 is 5.97 Å². The molecule has 2 aromatic rings. The number of ether oxygens (including phenoxy) is 1. The summed E-state index contributed by atoms with van der Waals surface area (Å²) in [7, 11) is 3.13. The van der Waals surface area contributed by atoms with Gasteiger partial charge in [-0.3, -0.25) is 4.79 Å². The van der Waals surface area contributed by atoms with Crippen LogP contribution in [0.2, 0.25) is 4.34 Å². The van der Waals surface area contributed by atoms with Crippen molar-refractivity contribution in [3.8, 4) is 11.3 Å². The van der Waals surface area contributed by atoms with E-state index in [2.05, 4.69) is 25.7 Å². The average molecular weight is 376 g/mol. The molecule has 0 aliphatic heterocycles. The van der Waals surface area contributed by atoms with Gasteiger partial charge in [0.1, 0.15) is 16.6 Å². The standard InChI is InChI=1S/C13H12BrClN2O2S/c1-17(7-10(18)19-2)13-16-11(12(15)20-13)8-3-5-9(14)6-4-8/h3-6H,7H2,1-2H3. The Morgan fingerprint density at radius 1 is 1.45 bits per heavy atom. The molecule has 0 radical (unpaired) electrons. The monoisotopic (exact) mass is 374 g/mol. The van der Waals surface area contributed by atoms with Crippen LogP contribution in [0.15, 0.2) is 28.7 Å². The molecule has 106 valence electrons. The Hall–Kier alpha value is -1.11. The Kier molecular flexibility index (Phi) is 5.01. The van der Waals surface area contributed by atoms with Gasteiger partial charge in [-0.15, -0.1) is 0 Å². The maximum atomic E-state index is 11.3. The summed E-state index contributed by atoms with van der Waals surface area (Å²) < 4.78 is 6.23. The number of hydrogen-bond donors (Lipinski definition) is 0. The number of carbonyl (C=O) groups is 1. The molecule has 0 saturated heterocycles. The molecular weight excluding hydrogens is 364 g/mol. The molecule has 0 fully saturated rings. The Morgan fingerprint density at radius 3 is 2.70 bits per heavy atom. The molecule has 0 N–H and O–H groups in total. The van der Waals surface area contributed by atoms with E-state index in [1.165, 1.54) is 18.4 Å². The zero-order valence-corrected chi connectivity index (χ0v) is 14.1. The maximum absolute atomic E-state index is 11.3. The lowest BCUT2D eigenvalue weighted by Crippen LogP contribution is -2.26. The highest BCUT2D eigenvalue weighted by Crippen LogP contribution is 2.36. The first kappa shape index (κ1) is 15.3. The molecular formula is C13H12BrClN2O2S. The molecule has 1 aromatic carbocycles. The third-order valence-corrected chi connectivity index (χ3v) is 4.51. The lowest BCUT2D eigenvalue weighted by atomic mass is 10.2. The number of rotatable bonds is 4. The number of esters is 1. The van der Waals surface area contributed by atoms with Crippen LogP contribution in [-0.4, -0.2) is 31.7 Å². The molecule has 20 heavy (non-hydrogen) atoms. The van der Waals surface area contributed by atoms with E-state index in [1.807, 2.05) is 24.3 Å². The molecule has 4 nitrogen and oxygen atoms in total. The highest BCUT2D eigenvalue weighted by atomic mass is 79.9. The molecule has 0 amide bonds. The van der Waals surface area contributed by atoms with Crippen molar-refractivity contribution in [3.05, 3.63) is 33.1 Å². The first-order valence-corrected chi connectivity index (χ1v) is 7.70. The van der Waals surface area contributed by atoms with Gasteiger partial charge in [0.05, 0.1) is 7.11 Å². The topological polar surface area (TPSA) is 42.4 Å². The number of likely N-dealkylation sites (N-methyl/N-ethyl adjacent to an activating group) is 1. The van der Waals surface area contributed by atoms with Crippen molar-refractivity contribution in [1.82, 2.24) is 4.98 Å². The van der Waals surface area contributed by atoms with E-state index >= 15 is 0 Å². The van der Waals surface area contributed by atoms with Crippen molar-refractivity contribution >= 4 is 50.0 Å². The number of halogens is 2. The van der Waals surface area contributed by atoms with Gasteiger partial charge in [0.2, 0.25) is 0 Å². The first-order chi connectivity index (χ1) is 9.51. The van der Waals surface area contributed by atoms with Crippen LogP contribution in [0.25, 0.3) is 11.3 Å². The summed E-state index contributed by atoms with van der Waals surface area (Å²) >= 11 is 11.0. The van der Waals surface area contributed by atoms with Crippen molar-refractivity contribution in [3.63, 3.8) is 0 Å². The summed E-state index contributed by atoms with van der Waals surface area (Å²) in [5.74, 6) is -0.316. The Balaban J connectivity index is 2.25. The fourth-order valence-corrected chi connectivity index (χ4v) is 2.97. The van der Waals surface area contributed by atoms with Gasteiger partial charge in [-0.1, -0.05) is 51.0 Å². The molecule has 0 unspecified atom stereocenters. The minimum atomic E-state index is -0.316. The Labute approximate surface area is 134 Å². The van der Waals surface area contributed by atoms with Crippen LogP contribution in [-0.2, 0) is 9.53 Å². The van der Waals surface area contributed by atoms with Crippen molar-refractivity contribution in [2.24, 2.45) is 0 Å². The predicted octanol–water partition coefficient (Wildman–Crippen LogP) is 3.84. The van der Waals surface area contributed by atoms with Gasteiger partial charge < -0.3 is 9.64 Å². The van der Waals surface area contributed by atoms with E-state index in [0.29, 0.717) is 9.47 Å². The van der Waals surface area contributed by atoms with Crippen molar-refractivity contribution < 1.29 is 9.53 Å². The second kappa shape index (κ2) is 6.56. The lowest BCUT2D eigenvalue weighted by molar-refractivity contribution is -0.138. The fourth-order valence-electron chi connectivity index (χ4n) is 1.57. The summed E-state index contributed by atoms with van der Waals surface area (Å²) in [5, 5.41) is 0.679. The number of methoxy groups -OCH3 is 1. The molecule has 0 aliphatic rings. The summed E-state index contributed by atoms with van der Waals surface area (Å²) in [5.41, 5.74) is 1.66. The van der Waals surface area contributed by atoms with Gasteiger partial charge in [0, 0.05) is 17.1 Å². The number of anilines is 1. The zero-order valence-electron chi connectivity index (χ0n) is 10.9. The van der Waals surface area contributed by atoms with Gasteiger partial charge in [-0.05, 0) is 12.1 Å². The van der Waals surface area contributed by atoms with Crippen LogP contribution in [0.5, 0.6) is 0 Å². The van der Waals surface area contributed by atoms with Crippen LogP contribution in [0.4, 0.5) is 5.13 Å². The number of carbonyl (C=O) groups excluding carboxylic acids is 1. The van der Waals surface area contributed by atoms with E-state index in [-0.39, 0.29) is 12.5 Å². The third-order valence-electron chi connectivity index (χ3n) is 2.61. The molecule has 0 aliphatic carbocycles. The summed E-state index contributed by atoms with van der Waals surface area (Å²) in [6.45, 7) is 0.139. The van der Waals surface area contributed by atoms with E-state index in [9.17, 15) is 4.79 Å². The molecule has 1 heterocycles. The minimum Gasteiger partial charge on any atom is -0.468 e. The molecule has 2 rings (SSSR count). The highest BCUT2D eigenvalue weighted by Gasteiger charge is 2.16. The number of benzene rings is 1. The lowest BCUT2D eigenvalue weighted by Gasteiger charge is -2.13. The highest BCUT2D eigenvalue weighted by molar-refractivity contribution is 9.10. The molecule has 1 aromatic heterocycles. The van der Waals surface area contributed by atoms with E-state index in [0.717, 1.165) is 15.7 Å². The Morgan fingerprint density at radius 2 is 2.10 bits per heavy atom.